The summed E-state index contributed by atoms with van der Waals surface area (Å²) in [6.07, 6.45) is -7.16. The third kappa shape index (κ3) is 5.29. The Labute approximate surface area is 176 Å². The minimum absolute atomic E-state index is 0.0250. The number of rotatable bonds is 7. The molecule has 0 radical (unpaired) electrons. The van der Waals surface area contributed by atoms with E-state index < -0.39 is 42.0 Å². The molecule has 31 heavy (non-hydrogen) atoms. The fraction of sp³-hybridized carbons (Fsp3) is 0.250. The van der Waals surface area contributed by atoms with Crippen molar-refractivity contribution in [2.75, 3.05) is 6.61 Å². The van der Waals surface area contributed by atoms with Gasteiger partial charge in [0.25, 0.3) is 0 Å². The first kappa shape index (κ1) is 22.5. The van der Waals surface area contributed by atoms with Crippen LogP contribution in [0.3, 0.4) is 0 Å². The van der Waals surface area contributed by atoms with Crippen LogP contribution in [0.25, 0.3) is 10.8 Å². The smallest absolute Gasteiger partial charge is 0.416 e. The highest BCUT2D eigenvalue weighted by molar-refractivity contribution is 6.04. The quantitative estimate of drug-likeness (QED) is 0.257. The third-order valence-electron chi connectivity index (χ3n) is 4.98. The predicted molar refractivity (Wildman–Crippen MR) is 109 cm³/mol. The Bertz CT molecular complexity index is 1070. The van der Waals surface area contributed by atoms with E-state index in [1.54, 1.807) is 18.2 Å². The van der Waals surface area contributed by atoms with Crippen LogP contribution >= 0.6 is 0 Å². The van der Waals surface area contributed by atoms with E-state index in [4.69, 9.17) is 0 Å². The number of benzene rings is 3. The van der Waals surface area contributed by atoms with Crippen LogP contribution in [-0.2, 0) is 15.7 Å². The molecule has 0 N–H and O–H groups in total. The van der Waals surface area contributed by atoms with Crippen LogP contribution in [0.15, 0.2) is 66.7 Å². The number of carbonyl (C=O) groups is 2. The summed E-state index contributed by atoms with van der Waals surface area (Å²) in [6, 6.07) is 16.3. The van der Waals surface area contributed by atoms with Gasteiger partial charge >= 0.3 is 12.1 Å². The maximum absolute atomic E-state index is 14.5. The van der Waals surface area contributed by atoms with E-state index in [1.165, 1.54) is 6.92 Å². The molecule has 0 aliphatic heterocycles. The SMILES string of the molecule is CCOC(=O)[C@@H](F)CC(C(=O)c1ccc2ccccc2c1)c1ccc(C(F)(F)F)cc1. The molecule has 3 aromatic rings. The molecule has 0 aromatic heterocycles. The number of ketones is 1. The van der Waals surface area contributed by atoms with Gasteiger partial charge in [-0.25, -0.2) is 9.18 Å². The van der Waals surface area contributed by atoms with Crippen molar-refractivity contribution >= 4 is 22.5 Å². The van der Waals surface area contributed by atoms with Crippen molar-refractivity contribution in [3.05, 3.63) is 83.4 Å². The van der Waals surface area contributed by atoms with Crippen molar-refractivity contribution in [2.45, 2.75) is 31.6 Å². The molecule has 7 heteroatoms. The average Bonchev–Trinajstić information content (AvgIpc) is 2.76. The van der Waals surface area contributed by atoms with Crippen LogP contribution in [0, 0.1) is 0 Å². The second-order valence-electron chi connectivity index (χ2n) is 7.05. The highest BCUT2D eigenvalue weighted by Gasteiger charge is 2.33. The first-order chi connectivity index (χ1) is 14.7. The number of Topliss-reactive ketones (excluding diaryl/α,β-unsaturated/α-hetero) is 1. The Hall–Kier alpha value is -3.22. The summed E-state index contributed by atoms with van der Waals surface area (Å²) in [5, 5.41) is 1.70. The van der Waals surface area contributed by atoms with Gasteiger partial charge in [-0.3, -0.25) is 4.79 Å². The summed E-state index contributed by atoms with van der Waals surface area (Å²) in [5.74, 6) is -2.74. The summed E-state index contributed by atoms with van der Waals surface area (Å²) in [5.41, 5.74) is -0.409. The Morgan fingerprint density at radius 2 is 1.58 bits per heavy atom. The molecule has 0 spiro atoms. The van der Waals surface area contributed by atoms with Gasteiger partial charge in [0.05, 0.1) is 18.1 Å². The summed E-state index contributed by atoms with van der Waals surface area (Å²) < 4.78 is 57.9. The Morgan fingerprint density at radius 3 is 2.19 bits per heavy atom. The second kappa shape index (κ2) is 9.29. The van der Waals surface area contributed by atoms with Crippen molar-refractivity contribution in [1.29, 1.82) is 0 Å². The van der Waals surface area contributed by atoms with Gasteiger partial charge in [-0.05, 0) is 41.5 Å². The number of alkyl halides is 4. The number of carbonyl (C=O) groups excluding carboxylic acids is 2. The van der Waals surface area contributed by atoms with Gasteiger partial charge in [0.2, 0.25) is 0 Å². The highest BCUT2D eigenvalue weighted by atomic mass is 19.4. The molecule has 0 saturated heterocycles. The molecule has 0 amide bonds. The number of hydrogen-bond donors (Lipinski definition) is 0. The normalized spacial score (nSPS) is 13.6. The van der Waals surface area contributed by atoms with E-state index in [-0.39, 0.29) is 17.7 Å². The molecular weight excluding hydrogens is 412 g/mol. The predicted octanol–water partition coefficient (Wildman–Crippen LogP) is 6.12. The first-order valence-corrected chi connectivity index (χ1v) is 9.71. The van der Waals surface area contributed by atoms with Crippen molar-refractivity contribution in [3.63, 3.8) is 0 Å². The molecule has 0 aliphatic carbocycles. The molecule has 0 bridgehead atoms. The molecule has 3 nitrogen and oxygen atoms in total. The molecule has 0 saturated carbocycles. The van der Waals surface area contributed by atoms with Gasteiger partial charge in [0.15, 0.2) is 12.0 Å². The standard InChI is InChI=1S/C24H20F4O3/c1-2-31-23(30)21(25)14-20(16-9-11-19(12-10-16)24(26,27)28)22(29)18-8-7-15-5-3-4-6-17(15)13-18/h3-13,20-21H,2,14H2,1H3/t20?,21-/m0/s1. The molecule has 1 unspecified atom stereocenters. The van der Waals surface area contributed by atoms with Crippen LogP contribution in [0.2, 0.25) is 0 Å². The largest absolute Gasteiger partial charge is 0.464 e. The van der Waals surface area contributed by atoms with E-state index in [9.17, 15) is 27.2 Å². The zero-order valence-corrected chi connectivity index (χ0v) is 16.7. The Balaban J connectivity index is 1.97. The summed E-state index contributed by atoms with van der Waals surface area (Å²) in [6.45, 7) is 1.50. The van der Waals surface area contributed by atoms with Crippen LogP contribution in [0.1, 0.15) is 40.7 Å². The molecular formula is C24H20F4O3. The Kier molecular flexibility index (Phi) is 6.73. The summed E-state index contributed by atoms with van der Waals surface area (Å²) in [7, 11) is 0. The van der Waals surface area contributed by atoms with Crippen molar-refractivity contribution < 1.29 is 31.9 Å². The zero-order chi connectivity index (χ0) is 22.6. The maximum Gasteiger partial charge on any atom is 0.416 e. The van der Waals surface area contributed by atoms with Crippen LogP contribution in [0.5, 0.6) is 0 Å². The number of halogens is 4. The molecule has 3 rings (SSSR count). The lowest BCUT2D eigenvalue weighted by molar-refractivity contribution is -0.149. The monoisotopic (exact) mass is 432 g/mol. The minimum atomic E-state index is -4.54. The average molecular weight is 432 g/mol. The van der Waals surface area contributed by atoms with E-state index in [2.05, 4.69) is 4.74 Å². The molecule has 3 aromatic carbocycles. The summed E-state index contributed by atoms with van der Waals surface area (Å²) in [4.78, 5) is 25.0. The molecule has 0 fully saturated rings. The third-order valence-corrected chi connectivity index (χ3v) is 4.98. The van der Waals surface area contributed by atoms with Crippen LogP contribution < -0.4 is 0 Å². The lowest BCUT2D eigenvalue weighted by Crippen LogP contribution is -2.25. The molecule has 2 atom stereocenters. The molecule has 0 heterocycles. The van der Waals surface area contributed by atoms with Gasteiger partial charge in [0, 0.05) is 12.0 Å². The van der Waals surface area contributed by atoms with Crippen molar-refractivity contribution in [1.82, 2.24) is 0 Å². The minimum Gasteiger partial charge on any atom is -0.464 e. The Morgan fingerprint density at radius 1 is 0.935 bits per heavy atom. The van der Waals surface area contributed by atoms with Gasteiger partial charge in [-0.2, -0.15) is 13.2 Å². The number of ether oxygens (including phenoxy) is 1. The lowest BCUT2D eigenvalue weighted by atomic mass is 9.85. The fourth-order valence-electron chi connectivity index (χ4n) is 3.38. The van der Waals surface area contributed by atoms with Crippen LogP contribution in [0.4, 0.5) is 17.6 Å². The van der Waals surface area contributed by atoms with Gasteiger partial charge < -0.3 is 4.74 Å². The topological polar surface area (TPSA) is 43.4 Å². The van der Waals surface area contributed by atoms with Crippen molar-refractivity contribution in [3.8, 4) is 0 Å². The molecule has 162 valence electrons. The van der Waals surface area contributed by atoms with E-state index in [0.717, 1.165) is 35.0 Å². The highest BCUT2D eigenvalue weighted by Crippen LogP contribution is 2.33. The van der Waals surface area contributed by atoms with Crippen molar-refractivity contribution in [2.24, 2.45) is 0 Å². The van der Waals surface area contributed by atoms with E-state index in [0.29, 0.717) is 0 Å². The number of fused-ring (bicyclic) bond motifs is 1. The molecule has 0 aliphatic rings. The fourth-order valence-corrected chi connectivity index (χ4v) is 3.38. The number of hydrogen-bond acceptors (Lipinski definition) is 3. The van der Waals surface area contributed by atoms with Crippen LogP contribution in [-0.4, -0.2) is 24.5 Å². The lowest BCUT2D eigenvalue weighted by Gasteiger charge is -2.19. The van der Waals surface area contributed by atoms with Gasteiger partial charge in [0.1, 0.15) is 0 Å². The maximum atomic E-state index is 14.5. The zero-order valence-electron chi connectivity index (χ0n) is 16.7. The second-order valence-corrected chi connectivity index (χ2v) is 7.05. The number of esters is 1. The first-order valence-electron chi connectivity index (χ1n) is 9.71. The summed E-state index contributed by atoms with van der Waals surface area (Å²) >= 11 is 0. The van der Waals surface area contributed by atoms with E-state index in [1.807, 2.05) is 24.3 Å². The van der Waals surface area contributed by atoms with E-state index >= 15 is 0 Å². The van der Waals surface area contributed by atoms with Gasteiger partial charge in [-0.15, -0.1) is 0 Å². The van der Waals surface area contributed by atoms with Gasteiger partial charge in [-0.1, -0.05) is 48.5 Å².